The molecule has 5 nitrogen and oxygen atoms in total. The highest BCUT2D eigenvalue weighted by atomic mass is 19.1. The van der Waals surface area contributed by atoms with Crippen molar-refractivity contribution >= 4 is 17.6 Å². The maximum absolute atomic E-state index is 14.6. The van der Waals surface area contributed by atoms with E-state index in [-0.39, 0.29) is 17.7 Å². The Bertz CT molecular complexity index is 616. The molecule has 0 radical (unpaired) electrons. The molecule has 0 aromatic heterocycles. The van der Waals surface area contributed by atoms with Crippen molar-refractivity contribution in [3.8, 4) is 0 Å². The Morgan fingerprint density at radius 3 is 2.62 bits per heavy atom. The van der Waals surface area contributed by atoms with Crippen LogP contribution < -0.4 is 16.4 Å². The van der Waals surface area contributed by atoms with Crippen LogP contribution in [0.2, 0.25) is 0 Å². The minimum absolute atomic E-state index is 0.179. The molecule has 0 amide bonds. The Labute approximate surface area is 123 Å². The topological polar surface area (TPSA) is 80.0 Å². The number of halogens is 1. The Balaban J connectivity index is 2.13. The molecule has 0 atom stereocenters. The molecule has 3 rings (SSSR count). The molecule has 0 unspecified atom stereocenters. The number of aliphatic imine (C=N–C) groups is 2. The van der Waals surface area contributed by atoms with Gasteiger partial charge in [-0.05, 0) is 44.2 Å². The van der Waals surface area contributed by atoms with Crippen molar-refractivity contribution in [1.29, 1.82) is 0 Å². The number of benzene rings is 1. The molecule has 1 aliphatic heterocycles. The zero-order chi connectivity index (χ0) is 15.0. The van der Waals surface area contributed by atoms with Crippen molar-refractivity contribution in [1.82, 2.24) is 0 Å². The van der Waals surface area contributed by atoms with Crippen LogP contribution in [0.1, 0.15) is 37.7 Å². The highest BCUT2D eigenvalue weighted by Gasteiger charge is 2.43. The number of nitrogens with zero attached hydrogens (tertiary/aromatic N) is 3. The third-order valence-electron chi connectivity index (χ3n) is 4.26. The molecule has 0 bridgehead atoms. The molecule has 1 aromatic rings. The Kier molecular flexibility index (Phi) is 3.31. The Hall–Kier alpha value is -2.11. The second-order valence-electron chi connectivity index (χ2n) is 5.73. The lowest BCUT2D eigenvalue weighted by molar-refractivity contribution is 0.304. The van der Waals surface area contributed by atoms with E-state index in [1.54, 1.807) is 24.0 Å². The van der Waals surface area contributed by atoms with Gasteiger partial charge in [0, 0.05) is 0 Å². The molecule has 2 aliphatic rings. The van der Waals surface area contributed by atoms with Crippen LogP contribution in [0.25, 0.3) is 0 Å². The highest BCUT2D eigenvalue weighted by Crippen LogP contribution is 2.40. The van der Waals surface area contributed by atoms with Gasteiger partial charge in [0.05, 0.1) is 5.69 Å². The highest BCUT2D eigenvalue weighted by molar-refractivity contribution is 6.05. The number of aryl methyl sites for hydroxylation is 1. The van der Waals surface area contributed by atoms with Gasteiger partial charge in [0.25, 0.3) is 0 Å². The summed E-state index contributed by atoms with van der Waals surface area (Å²) in [6.07, 6.45) is 4.80. The third-order valence-corrected chi connectivity index (χ3v) is 4.26. The lowest BCUT2D eigenvalue weighted by Crippen LogP contribution is -2.58. The van der Waals surface area contributed by atoms with Gasteiger partial charge in [-0.15, -0.1) is 0 Å². The first kappa shape index (κ1) is 13.9. The van der Waals surface area contributed by atoms with Crippen molar-refractivity contribution in [2.45, 2.75) is 44.7 Å². The average molecular weight is 289 g/mol. The molecule has 6 heteroatoms. The molecule has 0 saturated heterocycles. The van der Waals surface area contributed by atoms with Gasteiger partial charge in [-0.1, -0.05) is 18.6 Å². The van der Waals surface area contributed by atoms with Crippen molar-refractivity contribution in [3.05, 3.63) is 29.6 Å². The normalized spacial score (nSPS) is 21.1. The Morgan fingerprint density at radius 2 is 1.90 bits per heavy atom. The van der Waals surface area contributed by atoms with Gasteiger partial charge in [-0.25, -0.2) is 9.38 Å². The predicted octanol–water partition coefficient (Wildman–Crippen LogP) is 2.24. The van der Waals surface area contributed by atoms with Gasteiger partial charge >= 0.3 is 0 Å². The lowest BCUT2D eigenvalue weighted by Gasteiger charge is -2.45. The SMILES string of the molecule is Cc1cccc(N2C(N)=NC(N)=NC23CCCCC3)c1F. The van der Waals surface area contributed by atoms with E-state index in [1.165, 1.54) is 0 Å². The van der Waals surface area contributed by atoms with E-state index >= 15 is 0 Å². The van der Waals surface area contributed by atoms with Crippen LogP contribution in [0.3, 0.4) is 0 Å². The summed E-state index contributed by atoms with van der Waals surface area (Å²) in [5.74, 6) is 0.115. The molecule has 4 N–H and O–H groups in total. The standard InChI is InChI=1S/C15H20FN5/c1-10-6-5-7-11(12(10)16)21-14(18)19-13(17)20-15(21)8-3-2-4-9-15/h5-7H,2-4,8-9H2,1H3,(H4,17,18,19,20). The largest absolute Gasteiger partial charge is 0.369 e. The summed E-state index contributed by atoms with van der Waals surface area (Å²) in [5, 5.41) is 0. The number of hydrogen-bond acceptors (Lipinski definition) is 5. The van der Waals surface area contributed by atoms with E-state index in [2.05, 4.69) is 9.98 Å². The molecule has 112 valence electrons. The number of hydrogen-bond donors (Lipinski definition) is 2. The summed E-state index contributed by atoms with van der Waals surface area (Å²) in [6.45, 7) is 1.74. The van der Waals surface area contributed by atoms with Crippen LogP contribution in [0, 0.1) is 12.7 Å². The zero-order valence-electron chi connectivity index (χ0n) is 12.1. The fourth-order valence-electron chi connectivity index (χ4n) is 3.27. The first-order valence-electron chi connectivity index (χ1n) is 7.28. The van der Waals surface area contributed by atoms with E-state index < -0.39 is 5.66 Å². The van der Waals surface area contributed by atoms with E-state index in [1.807, 2.05) is 6.07 Å². The second-order valence-corrected chi connectivity index (χ2v) is 5.73. The minimum Gasteiger partial charge on any atom is -0.369 e. The summed E-state index contributed by atoms with van der Waals surface area (Å²) in [4.78, 5) is 10.3. The summed E-state index contributed by atoms with van der Waals surface area (Å²) in [6, 6.07) is 5.28. The smallest absolute Gasteiger partial charge is 0.220 e. The summed E-state index contributed by atoms with van der Waals surface area (Å²) >= 11 is 0. The van der Waals surface area contributed by atoms with Crippen LogP contribution in [-0.4, -0.2) is 17.6 Å². The molecule has 1 aromatic carbocycles. The van der Waals surface area contributed by atoms with Crippen LogP contribution in [0.15, 0.2) is 28.2 Å². The van der Waals surface area contributed by atoms with Gasteiger partial charge in [-0.2, -0.15) is 4.99 Å². The molecule has 1 spiro atoms. The maximum atomic E-state index is 14.6. The molecule has 1 fully saturated rings. The fraction of sp³-hybridized carbons (Fsp3) is 0.467. The molecular formula is C15H20FN5. The van der Waals surface area contributed by atoms with Gasteiger partial charge < -0.3 is 11.5 Å². The molecular weight excluding hydrogens is 269 g/mol. The summed E-state index contributed by atoms with van der Waals surface area (Å²) in [5.41, 5.74) is 12.3. The number of anilines is 1. The first-order valence-corrected chi connectivity index (χ1v) is 7.28. The van der Waals surface area contributed by atoms with Crippen molar-refractivity contribution in [3.63, 3.8) is 0 Å². The molecule has 1 saturated carbocycles. The number of guanidine groups is 2. The van der Waals surface area contributed by atoms with Gasteiger partial charge in [0.1, 0.15) is 11.5 Å². The van der Waals surface area contributed by atoms with Crippen molar-refractivity contribution in [2.75, 3.05) is 4.90 Å². The van der Waals surface area contributed by atoms with Crippen molar-refractivity contribution in [2.24, 2.45) is 21.5 Å². The summed E-state index contributed by atoms with van der Waals surface area (Å²) < 4.78 is 14.6. The quantitative estimate of drug-likeness (QED) is 0.832. The van der Waals surface area contributed by atoms with Crippen LogP contribution >= 0.6 is 0 Å². The van der Waals surface area contributed by atoms with Crippen LogP contribution in [0.4, 0.5) is 10.1 Å². The fourth-order valence-corrected chi connectivity index (χ4v) is 3.27. The maximum Gasteiger partial charge on any atom is 0.220 e. The van der Waals surface area contributed by atoms with E-state index in [0.717, 1.165) is 32.1 Å². The van der Waals surface area contributed by atoms with Crippen molar-refractivity contribution < 1.29 is 4.39 Å². The lowest BCUT2D eigenvalue weighted by atomic mass is 9.87. The Morgan fingerprint density at radius 1 is 1.19 bits per heavy atom. The van der Waals surface area contributed by atoms with E-state index in [9.17, 15) is 4.39 Å². The second kappa shape index (κ2) is 5.02. The van der Waals surface area contributed by atoms with Crippen LogP contribution in [0.5, 0.6) is 0 Å². The molecule has 21 heavy (non-hydrogen) atoms. The molecule has 1 heterocycles. The first-order chi connectivity index (χ1) is 10.0. The predicted molar refractivity (Wildman–Crippen MR) is 82.7 cm³/mol. The zero-order valence-corrected chi connectivity index (χ0v) is 12.1. The van der Waals surface area contributed by atoms with E-state index in [0.29, 0.717) is 11.3 Å². The summed E-state index contributed by atoms with van der Waals surface area (Å²) in [7, 11) is 0. The monoisotopic (exact) mass is 289 g/mol. The average Bonchev–Trinajstić information content (AvgIpc) is 2.43. The van der Waals surface area contributed by atoms with Gasteiger partial charge in [-0.3, -0.25) is 4.90 Å². The van der Waals surface area contributed by atoms with Crippen LogP contribution in [-0.2, 0) is 0 Å². The van der Waals surface area contributed by atoms with Gasteiger partial charge in [0.2, 0.25) is 11.9 Å². The number of nitrogens with two attached hydrogens (primary N) is 2. The molecule has 1 aliphatic carbocycles. The number of rotatable bonds is 1. The van der Waals surface area contributed by atoms with E-state index in [4.69, 9.17) is 11.5 Å². The third kappa shape index (κ3) is 2.24. The minimum atomic E-state index is -0.594. The van der Waals surface area contributed by atoms with Gasteiger partial charge in [0.15, 0.2) is 0 Å².